The molecule has 2 N–H and O–H groups in total. The minimum absolute atomic E-state index is 0.0105. The number of aromatic hydroxyl groups is 1. The summed E-state index contributed by atoms with van der Waals surface area (Å²) in [6, 6.07) is 11.8. The van der Waals surface area contributed by atoms with E-state index in [2.05, 4.69) is 4.99 Å². The van der Waals surface area contributed by atoms with Gasteiger partial charge in [0.1, 0.15) is 33.6 Å². The molecule has 0 aliphatic carbocycles. The van der Waals surface area contributed by atoms with Gasteiger partial charge >= 0.3 is 5.97 Å². The third-order valence-electron chi connectivity index (χ3n) is 4.27. The molecule has 0 amide bonds. The van der Waals surface area contributed by atoms with Crippen LogP contribution < -0.4 is 9.47 Å². The monoisotopic (exact) mass is 441 g/mol. The molecule has 0 bridgehead atoms. The Kier molecular flexibility index (Phi) is 7.25. The van der Waals surface area contributed by atoms with Crippen molar-refractivity contribution in [2.24, 2.45) is 4.99 Å². The van der Waals surface area contributed by atoms with E-state index in [4.69, 9.17) is 14.2 Å². The van der Waals surface area contributed by atoms with E-state index in [1.165, 1.54) is 13.2 Å². The molecular weight excluding hydrogens is 418 g/mol. The average molecular weight is 442 g/mol. The van der Waals surface area contributed by atoms with Crippen LogP contribution in [0.25, 0.3) is 6.08 Å². The van der Waals surface area contributed by atoms with E-state index in [0.29, 0.717) is 39.3 Å². The molecule has 0 fully saturated rings. The van der Waals surface area contributed by atoms with Gasteiger partial charge in [-0.25, -0.2) is 9.79 Å². The molecule has 1 aliphatic heterocycles. The molecule has 1 heterocycles. The fraction of sp³-hybridized carbons (Fsp3) is 0.217. The van der Waals surface area contributed by atoms with Gasteiger partial charge in [-0.3, -0.25) is 0 Å². The number of phenolic OH excluding ortho intramolecular Hbond substituents is 1. The topological polar surface area (TPSA) is 97.6 Å². The molecular formula is C23H23NO6S. The Labute approximate surface area is 184 Å². The van der Waals surface area contributed by atoms with Crippen LogP contribution in [0.3, 0.4) is 0 Å². The predicted octanol–water partition coefficient (Wildman–Crippen LogP) is 4.99. The van der Waals surface area contributed by atoms with E-state index in [1.807, 2.05) is 6.92 Å². The van der Waals surface area contributed by atoms with Crippen LogP contribution in [0, 0.1) is 0 Å². The molecule has 7 nitrogen and oxygen atoms in total. The second-order valence-corrected chi connectivity index (χ2v) is 7.35. The van der Waals surface area contributed by atoms with Crippen molar-refractivity contribution in [3.8, 4) is 17.2 Å². The van der Waals surface area contributed by atoms with Crippen molar-refractivity contribution < 1.29 is 29.2 Å². The Morgan fingerprint density at radius 1 is 1.06 bits per heavy atom. The number of carbonyl (C=O) groups is 1. The number of ether oxygens (including phenoxy) is 3. The Hall–Kier alpha value is -3.39. The maximum absolute atomic E-state index is 12.5. The van der Waals surface area contributed by atoms with Crippen molar-refractivity contribution in [3.63, 3.8) is 0 Å². The number of aliphatic hydroxyl groups excluding tert-OH is 1. The second-order valence-electron chi connectivity index (χ2n) is 6.32. The molecule has 3 rings (SSSR count). The number of carbonyl (C=O) groups excluding carboxylic acids is 1. The molecule has 0 saturated heterocycles. The molecule has 0 aromatic heterocycles. The number of thioether (sulfide) groups is 1. The molecule has 0 unspecified atom stereocenters. The van der Waals surface area contributed by atoms with Gasteiger partial charge in [0.25, 0.3) is 0 Å². The Morgan fingerprint density at radius 3 is 2.42 bits per heavy atom. The number of hydrogen-bond acceptors (Lipinski definition) is 8. The first-order valence-electron chi connectivity index (χ1n) is 9.66. The van der Waals surface area contributed by atoms with E-state index in [9.17, 15) is 15.0 Å². The fourth-order valence-electron chi connectivity index (χ4n) is 2.81. The molecule has 1 aliphatic rings. The second kappa shape index (κ2) is 10.1. The highest BCUT2D eigenvalue weighted by atomic mass is 32.2. The fourth-order valence-corrected chi connectivity index (χ4v) is 3.84. The van der Waals surface area contributed by atoms with Crippen LogP contribution >= 0.6 is 11.8 Å². The van der Waals surface area contributed by atoms with Crippen LogP contribution in [0.15, 0.2) is 63.7 Å². The Balaban J connectivity index is 2.02. The smallest absolute Gasteiger partial charge is 0.344 e. The van der Waals surface area contributed by atoms with Crippen LogP contribution in [0.2, 0.25) is 0 Å². The van der Waals surface area contributed by atoms with Crippen molar-refractivity contribution in [1.82, 2.24) is 0 Å². The minimum Gasteiger partial charge on any atom is -0.507 e. The number of hydrogen-bond donors (Lipinski definition) is 2. The zero-order chi connectivity index (χ0) is 22.4. The largest absolute Gasteiger partial charge is 0.507 e. The van der Waals surface area contributed by atoms with Crippen LogP contribution in [0.4, 0.5) is 5.69 Å². The average Bonchev–Trinajstić information content (AvgIpc) is 3.06. The van der Waals surface area contributed by atoms with Crippen LogP contribution in [0.5, 0.6) is 17.2 Å². The molecule has 0 atom stereocenters. The third-order valence-corrected chi connectivity index (χ3v) is 5.29. The quantitative estimate of drug-likeness (QED) is 0.584. The van der Waals surface area contributed by atoms with Crippen molar-refractivity contribution in [3.05, 3.63) is 64.3 Å². The summed E-state index contributed by atoms with van der Waals surface area (Å²) in [6.07, 6.45) is 1.57. The van der Waals surface area contributed by atoms with Gasteiger partial charge in [-0.15, -0.1) is 0 Å². The summed E-state index contributed by atoms with van der Waals surface area (Å²) in [5, 5.41) is 21.2. The van der Waals surface area contributed by atoms with Crippen LogP contribution in [0.1, 0.15) is 19.4 Å². The highest BCUT2D eigenvalue weighted by molar-refractivity contribution is 8.18. The molecule has 8 heteroatoms. The summed E-state index contributed by atoms with van der Waals surface area (Å²) in [4.78, 5) is 17.4. The molecule has 2 aromatic carbocycles. The Morgan fingerprint density at radius 2 is 1.77 bits per heavy atom. The highest BCUT2D eigenvalue weighted by Crippen LogP contribution is 2.41. The van der Waals surface area contributed by atoms with Gasteiger partial charge < -0.3 is 24.4 Å². The number of rotatable bonds is 7. The van der Waals surface area contributed by atoms with E-state index < -0.39 is 5.97 Å². The van der Waals surface area contributed by atoms with Crippen molar-refractivity contribution >= 4 is 34.5 Å². The van der Waals surface area contributed by atoms with Gasteiger partial charge in [0.15, 0.2) is 0 Å². The summed E-state index contributed by atoms with van der Waals surface area (Å²) in [6.45, 7) is 4.30. The lowest BCUT2D eigenvalue weighted by Gasteiger charge is -2.05. The minimum atomic E-state index is -0.671. The summed E-state index contributed by atoms with van der Waals surface area (Å²) < 4.78 is 15.7. The number of phenols is 1. The number of aliphatic hydroxyl groups is 1. The number of benzene rings is 2. The van der Waals surface area contributed by atoms with Crippen molar-refractivity contribution in [1.29, 1.82) is 0 Å². The van der Waals surface area contributed by atoms with Crippen molar-refractivity contribution in [2.45, 2.75) is 13.8 Å². The van der Waals surface area contributed by atoms with Gasteiger partial charge in [0.2, 0.25) is 0 Å². The molecule has 0 radical (unpaired) electrons. The zero-order valence-electron chi connectivity index (χ0n) is 17.4. The lowest BCUT2D eigenvalue weighted by Crippen LogP contribution is -2.12. The SMILES string of the molecule is CCOC(=O)C1=C(O)/C(=C\c2cc(OC)ccc2O)SC1=Nc1ccc(OCC)cc1. The molecule has 2 aromatic rings. The van der Waals surface area contributed by atoms with Gasteiger partial charge in [-0.05, 0) is 62.4 Å². The molecule has 162 valence electrons. The summed E-state index contributed by atoms with van der Waals surface area (Å²) >= 11 is 1.11. The molecule has 0 saturated carbocycles. The first-order valence-corrected chi connectivity index (χ1v) is 10.5. The maximum atomic E-state index is 12.5. The van der Waals surface area contributed by atoms with Gasteiger partial charge in [-0.2, -0.15) is 0 Å². The molecule has 31 heavy (non-hydrogen) atoms. The first kappa shape index (κ1) is 22.3. The number of nitrogens with zero attached hydrogens (tertiary/aromatic N) is 1. The normalized spacial score (nSPS) is 16.1. The van der Waals surface area contributed by atoms with Gasteiger partial charge in [0, 0.05) is 5.56 Å². The number of aliphatic imine (C=N–C) groups is 1. The summed E-state index contributed by atoms with van der Waals surface area (Å²) in [7, 11) is 1.52. The third kappa shape index (κ3) is 5.21. The summed E-state index contributed by atoms with van der Waals surface area (Å²) in [5.41, 5.74) is 0.999. The first-order chi connectivity index (χ1) is 15.0. The van der Waals surface area contributed by atoms with E-state index in [0.717, 1.165) is 11.8 Å². The number of esters is 1. The summed E-state index contributed by atoms with van der Waals surface area (Å²) in [5.74, 6) is 0.343. The maximum Gasteiger partial charge on any atom is 0.344 e. The standard InChI is InChI=1S/C23H23NO6S/c1-4-29-16-8-6-15(7-9-16)24-22-20(23(27)30-5-2)21(26)19(31-22)13-14-12-17(28-3)10-11-18(14)25/h6-13,25-26H,4-5H2,1-3H3/b19-13+,24-22?. The van der Waals surface area contributed by atoms with E-state index in [1.54, 1.807) is 49.4 Å². The lowest BCUT2D eigenvalue weighted by molar-refractivity contribution is -0.138. The lowest BCUT2D eigenvalue weighted by atomic mass is 10.1. The van der Waals surface area contributed by atoms with Crippen LogP contribution in [-0.2, 0) is 9.53 Å². The van der Waals surface area contributed by atoms with Crippen molar-refractivity contribution in [2.75, 3.05) is 20.3 Å². The Bertz CT molecular complexity index is 1060. The zero-order valence-corrected chi connectivity index (χ0v) is 18.2. The van der Waals surface area contributed by atoms with Gasteiger partial charge in [0.05, 0.1) is 30.9 Å². The van der Waals surface area contributed by atoms with Crippen LogP contribution in [-0.4, -0.2) is 41.5 Å². The number of methoxy groups -OCH3 is 1. The predicted molar refractivity (Wildman–Crippen MR) is 121 cm³/mol. The van der Waals surface area contributed by atoms with Gasteiger partial charge in [-0.1, -0.05) is 11.8 Å². The highest BCUT2D eigenvalue weighted by Gasteiger charge is 2.33. The molecule has 0 spiro atoms. The van der Waals surface area contributed by atoms with E-state index >= 15 is 0 Å². The van der Waals surface area contributed by atoms with E-state index in [-0.39, 0.29) is 23.7 Å².